The van der Waals surface area contributed by atoms with E-state index in [4.69, 9.17) is 15.0 Å². The van der Waals surface area contributed by atoms with Gasteiger partial charge in [-0.25, -0.2) is 4.98 Å². The minimum atomic E-state index is 0.913. The summed E-state index contributed by atoms with van der Waals surface area (Å²) >= 11 is 0. The first-order chi connectivity index (χ1) is 13.0. The molecule has 0 unspecified atom stereocenters. The van der Waals surface area contributed by atoms with Gasteiger partial charge in [0.2, 0.25) is 0 Å². The summed E-state index contributed by atoms with van der Waals surface area (Å²) in [7, 11) is 0. The highest BCUT2D eigenvalue weighted by molar-refractivity contribution is 6.04. The lowest BCUT2D eigenvalue weighted by Crippen LogP contribution is -2.12. The van der Waals surface area contributed by atoms with Gasteiger partial charge in [0.25, 0.3) is 0 Å². The molecule has 0 saturated heterocycles. The number of aromatic nitrogens is 1. The van der Waals surface area contributed by atoms with E-state index >= 15 is 0 Å². The first kappa shape index (κ1) is 18.7. The lowest BCUT2D eigenvalue weighted by atomic mass is 9.98. The Hall–Kier alpha value is -3.07. The smallest absolute Gasteiger partial charge is 0.0881 e. The van der Waals surface area contributed by atoms with Crippen LogP contribution in [0.15, 0.2) is 70.6 Å². The maximum absolute atomic E-state index is 4.96. The van der Waals surface area contributed by atoms with Crippen LogP contribution in [0.3, 0.4) is 0 Å². The zero-order valence-corrected chi connectivity index (χ0v) is 16.6. The van der Waals surface area contributed by atoms with E-state index in [0.29, 0.717) is 0 Å². The predicted octanol–water partition coefficient (Wildman–Crippen LogP) is 6.29. The number of para-hydroxylation sites is 2. The molecule has 2 aromatic carbocycles. The van der Waals surface area contributed by atoms with E-state index in [2.05, 4.69) is 20.8 Å². The molecule has 3 rings (SSSR count). The molecule has 3 nitrogen and oxygen atoms in total. The van der Waals surface area contributed by atoms with E-state index in [0.717, 1.165) is 34.2 Å². The standard InChI is InChI=1S/C24H25N3/c1-16-17(2)23(19(4)25-21-12-8-6-9-13-21)27-24(18(16)3)20(5)26-22-14-10-7-11-15-22/h6-15H,1-5H3. The van der Waals surface area contributed by atoms with Crippen molar-refractivity contribution in [3.63, 3.8) is 0 Å². The highest BCUT2D eigenvalue weighted by atomic mass is 14.8. The summed E-state index contributed by atoms with van der Waals surface area (Å²) in [4.78, 5) is 14.5. The highest BCUT2D eigenvalue weighted by Gasteiger charge is 2.15. The van der Waals surface area contributed by atoms with Gasteiger partial charge in [-0.15, -0.1) is 0 Å². The molecule has 1 heterocycles. The van der Waals surface area contributed by atoms with Crippen LogP contribution in [0.1, 0.15) is 41.9 Å². The normalized spacial score (nSPS) is 12.3. The molecule has 0 fully saturated rings. The molecule has 27 heavy (non-hydrogen) atoms. The van der Waals surface area contributed by atoms with Crippen molar-refractivity contribution in [2.75, 3.05) is 0 Å². The summed E-state index contributed by atoms with van der Waals surface area (Å²) in [6, 6.07) is 20.0. The van der Waals surface area contributed by atoms with Crippen molar-refractivity contribution in [3.05, 3.63) is 88.7 Å². The van der Waals surface area contributed by atoms with Crippen molar-refractivity contribution < 1.29 is 0 Å². The predicted molar refractivity (Wildman–Crippen MR) is 115 cm³/mol. The van der Waals surface area contributed by atoms with Crippen molar-refractivity contribution in [2.45, 2.75) is 34.6 Å². The Labute approximate surface area is 161 Å². The first-order valence-corrected chi connectivity index (χ1v) is 9.16. The third-order valence-electron chi connectivity index (χ3n) is 4.85. The van der Waals surface area contributed by atoms with Crippen molar-refractivity contribution >= 4 is 22.8 Å². The van der Waals surface area contributed by atoms with Gasteiger partial charge in [0, 0.05) is 0 Å². The van der Waals surface area contributed by atoms with Crippen LogP contribution in [-0.2, 0) is 0 Å². The van der Waals surface area contributed by atoms with Gasteiger partial charge in [-0.05, 0) is 75.6 Å². The molecular weight excluding hydrogens is 330 g/mol. The highest BCUT2D eigenvalue weighted by Crippen LogP contribution is 2.23. The fraction of sp³-hybridized carbons (Fsp3) is 0.208. The average Bonchev–Trinajstić information content (AvgIpc) is 2.67. The fourth-order valence-corrected chi connectivity index (χ4v) is 3.12. The molecule has 0 spiro atoms. The van der Waals surface area contributed by atoms with Crippen molar-refractivity contribution in [2.24, 2.45) is 9.98 Å². The molecule has 3 aromatic rings. The summed E-state index contributed by atoms with van der Waals surface area (Å²) < 4.78 is 0. The lowest BCUT2D eigenvalue weighted by Gasteiger charge is -2.15. The van der Waals surface area contributed by atoms with Gasteiger partial charge in [-0.3, -0.25) is 9.98 Å². The number of aliphatic imine (C=N–C) groups is 2. The molecule has 0 aliphatic carbocycles. The maximum atomic E-state index is 4.96. The van der Waals surface area contributed by atoms with Crippen LogP contribution < -0.4 is 0 Å². The van der Waals surface area contributed by atoms with E-state index in [9.17, 15) is 0 Å². The summed E-state index contributed by atoms with van der Waals surface area (Å²) in [6.07, 6.45) is 0. The minimum Gasteiger partial charge on any atom is -0.252 e. The Kier molecular flexibility index (Phi) is 5.60. The number of benzene rings is 2. The monoisotopic (exact) mass is 355 g/mol. The third-order valence-corrected chi connectivity index (χ3v) is 4.85. The Bertz CT molecular complexity index is 921. The van der Waals surface area contributed by atoms with Gasteiger partial charge in [0.15, 0.2) is 0 Å². The van der Waals surface area contributed by atoms with Crippen molar-refractivity contribution in [1.29, 1.82) is 0 Å². The Morgan fingerprint density at radius 3 is 1.33 bits per heavy atom. The zero-order valence-electron chi connectivity index (χ0n) is 16.6. The maximum Gasteiger partial charge on any atom is 0.0881 e. The SMILES string of the molecule is CC(=Nc1ccccc1)c1nc(C(C)=Nc2ccccc2)c(C)c(C)c1C. The zero-order chi connectivity index (χ0) is 19.4. The van der Waals surface area contributed by atoms with Gasteiger partial charge < -0.3 is 0 Å². The van der Waals surface area contributed by atoms with Crippen LogP contribution in [-0.4, -0.2) is 16.4 Å². The molecular formula is C24H25N3. The van der Waals surface area contributed by atoms with Gasteiger partial charge in [-0.2, -0.15) is 0 Å². The quantitative estimate of drug-likeness (QED) is 0.507. The van der Waals surface area contributed by atoms with Crippen LogP contribution in [0.4, 0.5) is 11.4 Å². The van der Waals surface area contributed by atoms with Gasteiger partial charge in [0.05, 0.1) is 34.2 Å². The van der Waals surface area contributed by atoms with Crippen molar-refractivity contribution in [3.8, 4) is 0 Å². The third kappa shape index (κ3) is 4.20. The Balaban J connectivity index is 2.09. The topological polar surface area (TPSA) is 37.6 Å². The number of hydrogen-bond donors (Lipinski definition) is 0. The summed E-state index contributed by atoms with van der Waals surface area (Å²) in [6.45, 7) is 10.4. The lowest BCUT2D eigenvalue weighted by molar-refractivity contribution is 1.11. The molecule has 0 bridgehead atoms. The molecule has 1 aromatic heterocycles. The molecule has 0 radical (unpaired) electrons. The second kappa shape index (κ2) is 8.09. The van der Waals surface area contributed by atoms with Crippen molar-refractivity contribution in [1.82, 2.24) is 4.98 Å². The summed E-state index contributed by atoms with van der Waals surface area (Å²) in [5.41, 5.74) is 9.13. The number of pyridine rings is 1. The van der Waals surface area contributed by atoms with Gasteiger partial charge >= 0.3 is 0 Å². The Morgan fingerprint density at radius 2 is 0.963 bits per heavy atom. The largest absolute Gasteiger partial charge is 0.252 e. The summed E-state index contributed by atoms with van der Waals surface area (Å²) in [5.74, 6) is 0. The van der Waals surface area contributed by atoms with E-state index in [1.807, 2.05) is 74.5 Å². The molecule has 0 atom stereocenters. The second-order valence-corrected chi connectivity index (χ2v) is 6.75. The number of hydrogen-bond acceptors (Lipinski definition) is 3. The van der Waals surface area contributed by atoms with E-state index in [-0.39, 0.29) is 0 Å². The molecule has 0 N–H and O–H groups in total. The van der Waals surface area contributed by atoms with Crippen LogP contribution in [0.2, 0.25) is 0 Å². The number of nitrogens with zero attached hydrogens (tertiary/aromatic N) is 3. The molecule has 0 saturated carbocycles. The second-order valence-electron chi connectivity index (χ2n) is 6.75. The number of rotatable bonds is 4. The van der Waals surface area contributed by atoms with Crippen LogP contribution in [0, 0.1) is 20.8 Å². The van der Waals surface area contributed by atoms with Crippen LogP contribution in [0.25, 0.3) is 0 Å². The van der Waals surface area contributed by atoms with Gasteiger partial charge in [0.1, 0.15) is 0 Å². The summed E-state index contributed by atoms with van der Waals surface area (Å²) in [5, 5.41) is 0. The Morgan fingerprint density at radius 1 is 0.593 bits per heavy atom. The van der Waals surface area contributed by atoms with E-state index in [1.165, 1.54) is 16.7 Å². The van der Waals surface area contributed by atoms with Gasteiger partial charge in [-0.1, -0.05) is 36.4 Å². The molecule has 0 aliphatic rings. The average molecular weight is 355 g/mol. The molecule has 3 heteroatoms. The van der Waals surface area contributed by atoms with Crippen LogP contribution >= 0.6 is 0 Å². The van der Waals surface area contributed by atoms with E-state index in [1.54, 1.807) is 0 Å². The fourth-order valence-electron chi connectivity index (χ4n) is 3.12. The molecule has 136 valence electrons. The molecule has 0 amide bonds. The van der Waals surface area contributed by atoms with Crippen LogP contribution in [0.5, 0.6) is 0 Å². The minimum absolute atomic E-state index is 0.913. The van der Waals surface area contributed by atoms with E-state index < -0.39 is 0 Å². The first-order valence-electron chi connectivity index (χ1n) is 9.16. The molecule has 0 aliphatic heterocycles.